The molecule has 3 atom stereocenters. The molecule has 0 aromatic rings. The summed E-state index contributed by atoms with van der Waals surface area (Å²) in [7, 11) is 5.19. The third-order valence-electron chi connectivity index (χ3n) is 12.2. The zero-order chi connectivity index (χ0) is 63.7. The quantitative estimate of drug-likeness (QED) is 0.0208. The molecule has 21 heteroatoms. The zero-order valence-corrected chi connectivity index (χ0v) is 54.0. The van der Waals surface area contributed by atoms with Crippen LogP contribution in [-0.4, -0.2) is 188 Å². The lowest BCUT2D eigenvalue weighted by Crippen LogP contribution is -2.34. The second-order valence-electron chi connectivity index (χ2n) is 21.8. The summed E-state index contributed by atoms with van der Waals surface area (Å²) in [6, 6.07) is 0.265. The Morgan fingerprint density at radius 1 is 0.500 bits per heavy atom. The lowest BCUT2D eigenvalue weighted by Gasteiger charge is -2.21. The highest BCUT2D eigenvalue weighted by Gasteiger charge is 2.29. The molecule has 0 radical (unpaired) electrons. The van der Waals surface area contributed by atoms with E-state index in [0.29, 0.717) is 59.3 Å². The summed E-state index contributed by atoms with van der Waals surface area (Å²) in [5, 5.41) is 29.2. The molecule has 0 aliphatic rings. The van der Waals surface area contributed by atoms with Crippen LogP contribution in [0.4, 0.5) is 0 Å². The van der Waals surface area contributed by atoms with Crippen molar-refractivity contribution in [1.29, 1.82) is 0 Å². The third-order valence-corrected chi connectivity index (χ3v) is 12.2. The van der Waals surface area contributed by atoms with Crippen molar-refractivity contribution in [1.82, 2.24) is 10.2 Å². The summed E-state index contributed by atoms with van der Waals surface area (Å²) in [5.41, 5.74) is -1.56. The second kappa shape index (κ2) is 51.6. The minimum Gasteiger partial charge on any atom is -0.463 e. The molecule has 0 aromatic carbocycles. The van der Waals surface area contributed by atoms with Gasteiger partial charge in [0.1, 0.15) is 39.1 Å². The van der Waals surface area contributed by atoms with Crippen molar-refractivity contribution >= 4 is 41.7 Å². The fourth-order valence-corrected chi connectivity index (χ4v) is 4.26. The van der Waals surface area contributed by atoms with Gasteiger partial charge in [0.05, 0.1) is 81.1 Å². The molecular formula is C59H116N2O19. The number of ether oxygens (including phenoxy) is 9. The fourth-order valence-electron chi connectivity index (χ4n) is 4.26. The van der Waals surface area contributed by atoms with Crippen molar-refractivity contribution in [3.63, 3.8) is 0 Å². The topological polar surface area (TPSA) is 279 Å². The van der Waals surface area contributed by atoms with Crippen LogP contribution < -0.4 is 5.32 Å². The maximum absolute atomic E-state index is 11.6. The van der Waals surface area contributed by atoms with E-state index in [-0.39, 0.29) is 98.8 Å². The van der Waals surface area contributed by atoms with Crippen molar-refractivity contribution in [2.75, 3.05) is 114 Å². The molecule has 476 valence electrons. The first kappa shape index (κ1) is 87.0. The summed E-state index contributed by atoms with van der Waals surface area (Å²) in [4.78, 5) is 80.5. The fraction of sp³-hybridized carbons (Fsp3) is 0.847. The van der Waals surface area contributed by atoms with Gasteiger partial charge in [-0.25, -0.2) is 4.79 Å². The Hall–Kier alpha value is -4.25. The Labute approximate surface area is 483 Å². The number of amides is 2. The standard InChI is InChI=1S/C13H22O5.C12H24O5.C11H22O4.C8H17NO.C8H16O3.C7H15NO/c1-6-13(4,5)12(16)18-8-10(14)7-17-11(15)9(2)3;1-4-12(2,3)11(14)17-10-9-16-8-7-15-6-5-13;1-5-11(2,3)10(12)15-9-8-14-7-6-13-4;1-5-7(4)8(10)9-6(2)3;1-4-8(2,3)7(10)11-6-5-9;1-5-6(2)7(9)8(3)4/h10,14H,2,6-8H2,1,3-5H3;13H,4-10H2,1-3H3;5-9H2,1-4H3;6-7H,5H2,1-4H3,(H,9,10);9H,4-6H2,1-3H3;6H,5H2,1-4H3. The van der Waals surface area contributed by atoms with E-state index in [0.717, 1.165) is 32.1 Å². The molecule has 0 spiro atoms. The minimum absolute atomic E-state index is 0.0176. The Balaban J connectivity index is -0.000000209. The molecule has 21 nitrogen and oxygen atoms in total. The number of rotatable bonds is 34. The average Bonchev–Trinajstić information content (AvgIpc) is 3.42. The number of nitrogens with one attached hydrogen (secondary N) is 1. The molecule has 0 saturated heterocycles. The van der Waals surface area contributed by atoms with Crippen molar-refractivity contribution in [2.45, 2.75) is 182 Å². The Morgan fingerprint density at radius 3 is 1.12 bits per heavy atom. The molecule has 2 amide bonds. The van der Waals surface area contributed by atoms with E-state index < -0.39 is 33.7 Å². The van der Waals surface area contributed by atoms with Gasteiger partial charge in [-0.1, -0.05) is 62.0 Å². The van der Waals surface area contributed by atoms with Gasteiger partial charge in [-0.2, -0.15) is 0 Å². The second-order valence-corrected chi connectivity index (χ2v) is 21.8. The molecule has 0 bridgehead atoms. The smallest absolute Gasteiger partial charge is 0.333 e. The predicted molar refractivity (Wildman–Crippen MR) is 311 cm³/mol. The molecule has 0 aliphatic heterocycles. The van der Waals surface area contributed by atoms with Crippen LogP contribution in [0.25, 0.3) is 0 Å². The summed E-state index contributed by atoms with van der Waals surface area (Å²) >= 11 is 0. The Bertz CT molecular complexity index is 1630. The van der Waals surface area contributed by atoms with Gasteiger partial charge < -0.3 is 68.2 Å². The minimum atomic E-state index is -1.02. The molecule has 0 aliphatic carbocycles. The van der Waals surface area contributed by atoms with Crippen molar-refractivity contribution in [3.05, 3.63) is 12.2 Å². The Morgan fingerprint density at radius 2 is 0.825 bits per heavy atom. The number of aliphatic hydroxyl groups excluding tert-OH is 3. The van der Waals surface area contributed by atoms with E-state index in [2.05, 4.69) is 11.9 Å². The SMILES string of the molecule is C=C(C)C(=O)OCC(O)COC(=O)C(C)(C)CC.CCC(C)(C)C(=O)OCCO.CCC(C)(C)C(=O)OCCOCCOC.CCC(C)(C)C(=O)OCCOCCOCCO.CCC(C)C(=O)N(C)C.CCC(C)C(=O)NC(C)C. The van der Waals surface area contributed by atoms with E-state index in [1.807, 2.05) is 111 Å². The number of nitrogens with zero attached hydrogens (tertiary/aromatic N) is 1. The first-order valence-corrected chi connectivity index (χ1v) is 28.1. The number of hydrogen-bond donors (Lipinski definition) is 4. The maximum Gasteiger partial charge on any atom is 0.333 e. The third kappa shape index (κ3) is 50.7. The predicted octanol–water partition coefficient (Wildman–Crippen LogP) is 7.70. The van der Waals surface area contributed by atoms with Gasteiger partial charge in [-0.15, -0.1) is 0 Å². The lowest BCUT2D eigenvalue weighted by atomic mass is 9.91. The normalized spacial score (nSPS) is 12.1. The number of aliphatic hydroxyl groups is 3. The van der Waals surface area contributed by atoms with Gasteiger partial charge in [-0.05, 0) is 115 Å². The van der Waals surface area contributed by atoms with E-state index in [4.69, 9.17) is 52.8 Å². The summed E-state index contributed by atoms with van der Waals surface area (Å²) in [6.45, 7) is 42.5. The highest BCUT2D eigenvalue weighted by atomic mass is 16.6. The van der Waals surface area contributed by atoms with Crippen molar-refractivity contribution < 1.29 is 91.5 Å². The van der Waals surface area contributed by atoms with E-state index >= 15 is 0 Å². The largest absolute Gasteiger partial charge is 0.463 e. The van der Waals surface area contributed by atoms with E-state index in [1.54, 1.807) is 40.0 Å². The maximum atomic E-state index is 11.6. The highest BCUT2D eigenvalue weighted by Crippen LogP contribution is 2.23. The van der Waals surface area contributed by atoms with Crippen LogP contribution >= 0.6 is 0 Å². The van der Waals surface area contributed by atoms with Gasteiger partial charge in [0.25, 0.3) is 0 Å². The average molecular weight is 1160 g/mol. The number of methoxy groups -OCH3 is 1. The van der Waals surface area contributed by atoms with Crippen molar-refractivity contribution in [3.8, 4) is 0 Å². The molecule has 0 saturated carbocycles. The summed E-state index contributed by atoms with van der Waals surface area (Å²) in [5.74, 6) is -0.837. The highest BCUT2D eigenvalue weighted by molar-refractivity contribution is 5.87. The molecule has 3 unspecified atom stereocenters. The van der Waals surface area contributed by atoms with Gasteiger partial charge in [0, 0.05) is 44.7 Å². The van der Waals surface area contributed by atoms with Gasteiger partial charge >= 0.3 is 29.8 Å². The van der Waals surface area contributed by atoms with Crippen LogP contribution in [0.5, 0.6) is 0 Å². The Kier molecular flexibility index (Phi) is 56.1. The molecular weight excluding hydrogens is 1040 g/mol. The number of hydrogen-bond acceptors (Lipinski definition) is 19. The van der Waals surface area contributed by atoms with Gasteiger partial charge in [0.2, 0.25) is 11.8 Å². The first-order chi connectivity index (χ1) is 37.0. The summed E-state index contributed by atoms with van der Waals surface area (Å²) < 4.78 is 44.8. The number of carbonyl (C=O) groups is 7. The summed E-state index contributed by atoms with van der Waals surface area (Å²) in [6.07, 6.45) is 3.74. The van der Waals surface area contributed by atoms with Crippen LogP contribution in [0.1, 0.15) is 170 Å². The van der Waals surface area contributed by atoms with Crippen LogP contribution in [0, 0.1) is 33.5 Å². The molecule has 0 fully saturated rings. The molecule has 80 heavy (non-hydrogen) atoms. The van der Waals surface area contributed by atoms with E-state index in [9.17, 15) is 38.7 Å². The van der Waals surface area contributed by atoms with Gasteiger partial charge in [0.15, 0.2) is 0 Å². The lowest BCUT2D eigenvalue weighted by molar-refractivity contribution is -0.159. The first-order valence-electron chi connectivity index (χ1n) is 28.1. The zero-order valence-electron chi connectivity index (χ0n) is 54.0. The van der Waals surface area contributed by atoms with Crippen molar-refractivity contribution in [2.24, 2.45) is 33.5 Å². The van der Waals surface area contributed by atoms with Crippen LogP contribution in [0.3, 0.4) is 0 Å². The number of esters is 5. The van der Waals surface area contributed by atoms with Crippen LogP contribution in [0.2, 0.25) is 0 Å². The molecule has 0 rings (SSSR count). The van der Waals surface area contributed by atoms with E-state index in [1.165, 1.54) is 6.92 Å². The van der Waals surface area contributed by atoms with Crippen LogP contribution in [-0.2, 0) is 76.2 Å². The molecule has 0 heterocycles. The van der Waals surface area contributed by atoms with Gasteiger partial charge in [-0.3, -0.25) is 28.8 Å². The monoisotopic (exact) mass is 1160 g/mol. The van der Waals surface area contributed by atoms with Crippen LogP contribution in [0.15, 0.2) is 12.2 Å². The number of carbonyl (C=O) groups excluding carboxylic acids is 7. The molecule has 4 N–H and O–H groups in total. The molecule has 0 aromatic heterocycles.